The molecule has 2 rings (SSSR count). The lowest BCUT2D eigenvalue weighted by molar-refractivity contribution is -0.139. The standard InChI is InChI=1S/C11H11BrF3NO/c12-8-4-6(10(16)2-1-3-10)7(5-9(8)17)11(13,14)15/h4-5,17H,1-3,16H2. The Labute approximate surface area is 105 Å². The van der Waals surface area contributed by atoms with Gasteiger partial charge in [-0.25, -0.2) is 0 Å². The van der Waals surface area contributed by atoms with Gasteiger partial charge in [-0.1, -0.05) is 0 Å². The van der Waals surface area contributed by atoms with Gasteiger partial charge in [0.1, 0.15) is 5.75 Å². The second-order valence-corrected chi connectivity index (χ2v) is 5.21. The normalized spacial score (nSPS) is 18.9. The molecular formula is C11H11BrF3NO. The van der Waals surface area contributed by atoms with Crippen LogP contribution in [0, 0.1) is 0 Å². The number of phenols is 1. The van der Waals surface area contributed by atoms with Gasteiger partial charge in [0.25, 0.3) is 0 Å². The average molecular weight is 310 g/mol. The number of benzene rings is 1. The summed E-state index contributed by atoms with van der Waals surface area (Å²) in [6.45, 7) is 0. The maximum atomic E-state index is 12.9. The van der Waals surface area contributed by atoms with E-state index in [1.807, 2.05) is 0 Å². The van der Waals surface area contributed by atoms with E-state index < -0.39 is 23.0 Å². The van der Waals surface area contributed by atoms with E-state index in [0.717, 1.165) is 12.5 Å². The third kappa shape index (κ3) is 2.15. The largest absolute Gasteiger partial charge is 0.507 e. The van der Waals surface area contributed by atoms with Crippen LogP contribution in [0.15, 0.2) is 16.6 Å². The quantitative estimate of drug-likeness (QED) is 0.834. The fourth-order valence-electron chi connectivity index (χ4n) is 2.04. The van der Waals surface area contributed by atoms with Crippen molar-refractivity contribution in [2.45, 2.75) is 31.0 Å². The Morgan fingerprint density at radius 3 is 2.29 bits per heavy atom. The van der Waals surface area contributed by atoms with E-state index >= 15 is 0 Å². The van der Waals surface area contributed by atoms with Crippen molar-refractivity contribution in [1.29, 1.82) is 0 Å². The highest BCUT2D eigenvalue weighted by Gasteiger charge is 2.43. The van der Waals surface area contributed by atoms with E-state index in [9.17, 15) is 18.3 Å². The molecule has 0 aromatic heterocycles. The first-order valence-electron chi connectivity index (χ1n) is 5.13. The molecule has 0 aliphatic heterocycles. The van der Waals surface area contributed by atoms with E-state index in [2.05, 4.69) is 15.9 Å². The number of nitrogens with two attached hydrogens (primary N) is 1. The predicted octanol–water partition coefficient (Wildman–Crippen LogP) is 3.51. The Morgan fingerprint density at radius 1 is 1.29 bits per heavy atom. The van der Waals surface area contributed by atoms with Gasteiger partial charge in [0.2, 0.25) is 0 Å². The zero-order valence-corrected chi connectivity index (χ0v) is 10.4. The van der Waals surface area contributed by atoms with E-state index in [-0.39, 0.29) is 10.0 Å². The Balaban J connectivity index is 2.60. The van der Waals surface area contributed by atoms with E-state index in [1.165, 1.54) is 6.07 Å². The van der Waals surface area contributed by atoms with Crippen LogP contribution in [0.5, 0.6) is 5.75 Å². The molecule has 1 fully saturated rings. The fraction of sp³-hybridized carbons (Fsp3) is 0.455. The smallest absolute Gasteiger partial charge is 0.416 e. The second kappa shape index (κ2) is 3.88. The van der Waals surface area contributed by atoms with Crippen molar-refractivity contribution in [3.8, 4) is 5.75 Å². The lowest BCUT2D eigenvalue weighted by Crippen LogP contribution is -2.44. The van der Waals surface area contributed by atoms with E-state index in [1.54, 1.807) is 0 Å². The molecule has 94 valence electrons. The molecule has 1 aromatic rings. The van der Waals surface area contributed by atoms with Gasteiger partial charge in [0, 0.05) is 5.54 Å². The summed E-state index contributed by atoms with van der Waals surface area (Å²) < 4.78 is 38.8. The Kier molecular flexibility index (Phi) is 2.90. The maximum Gasteiger partial charge on any atom is 0.416 e. The minimum Gasteiger partial charge on any atom is -0.507 e. The highest BCUT2D eigenvalue weighted by Crippen LogP contribution is 2.47. The second-order valence-electron chi connectivity index (χ2n) is 4.36. The molecule has 1 aliphatic rings. The lowest BCUT2D eigenvalue weighted by Gasteiger charge is -2.40. The number of aromatic hydroxyl groups is 1. The zero-order valence-electron chi connectivity index (χ0n) is 8.81. The number of alkyl halides is 3. The van der Waals surface area contributed by atoms with Gasteiger partial charge in [-0.15, -0.1) is 0 Å². The van der Waals surface area contributed by atoms with Gasteiger partial charge in [0.15, 0.2) is 0 Å². The van der Waals surface area contributed by atoms with Crippen molar-refractivity contribution in [3.05, 3.63) is 27.7 Å². The van der Waals surface area contributed by atoms with Crippen LogP contribution in [0.25, 0.3) is 0 Å². The third-order valence-electron chi connectivity index (χ3n) is 3.17. The number of halogens is 4. The first kappa shape index (κ1) is 12.7. The molecule has 3 N–H and O–H groups in total. The molecule has 0 bridgehead atoms. The predicted molar refractivity (Wildman–Crippen MR) is 60.5 cm³/mol. The van der Waals surface area contributed by atoms with Crippen LogP contribution in [-0.4, -0.2) is 5.11 Å². The first-order chi connectivity index (χ1) is 7.74. The molecule has 0 atom stereocenters. The topological polar surface area (TPSA) is 46.2 Å². The molecule has 6 heteroatoms. The molecule has 0 saturated heterocycles. The van der Waals surface area contributed by atoms with Crippen LogP contribution in [0.3, 0.4) is 0 Å². The summed E-state index contributed by atoms with van der Waals surface area (Å²) in [4.78, 5) is 0. The van der Waals surface area contributed by atoms with Crippen molar-refractivity contribution in [3.63, 3.8) is 0 Å². The zero-order chi connectivity index (χ0) is 12.8. The molecule has 0 amide bonds. The average Bonchev–Trinajstić information content (AvgIpc) is 2.16. The van der Waals surface area contributed by atoms with Crippen molar-refractivity contribution in [1.82, 2.24) is 0 Å². The third-order valence-corrected chi connectivity index (χ3v) is 3.81. The Hall–Kier alpha value is -0.750. The summed E-state index contributed by atoms with van der Waals surface area (Å²) in [7, 11) is 0. The molecule has 17 heavy (non-hydrogen) atoms. The summed E-state index contributed by atoms with van der Waals surface area (Å²) in [5, 5.41) is 9.36. The summed E-state index contributed by atoms with van der Waals surface area (Å²) in [6.07, 6.45) is -2.61. The number of hydrogen-bond acceptors (Lipinski definition) is 2. The maximum absolute atomic E-state index is 12.9. The molecule has 0 radical (unpaired) electrons. The van der Waals surface area contributed by atoms with Crippen molar-refractivity contribution in [2.75, 3.05) is 0 Å². The van der Waals surface area contributed by atoms with Crippen LogP contribution in [0.1, 0.15) is 30.4 Å². The van der Waals surface area contributed by atoms with Crippen LogP contribution >= 0.6 is 15.9 Å². The Morgan fingerprint density at radius 2 is 1.88 bits per heavy atom. The molecule has 0 heterocycles. The van der Waals surface area contributed by atoms with E-state index in [0.29, 0.717) is 12.8 Å². The number of rotatable bonds is 1. The number of phenolic OH excluding ortho intramolecular Hbond substituents is 1. The first-order valence-corrected chi connectivity index (χ1v) is 5.92. The number of hydrogen-bond donors (Lipinski definition) is 2. The van der Waals surface area contributed by atoms with Gasteiger partial charge in [-0.05, 0) is 52.9 Å². The van der Waals surface area contributed by atoms with Gasteiger partial charge in [-0.3, -0.25) is 0 Å². The van der Waals surface area contributed by atoms with E-state index in [4.69, 9.17) is 5.73 Å². The molecule has 2 nitrogen and oxygen atoms in total. The fourth-order valence-corrected chi connectivity index (χ4v) is 2.38. The summed E-state index contributed by atoms with van der Waals surface area (Å²) >= 11 is 3.02. The van der Waals surface area contributed by atoms with Gasteiger partial charge in [-0.2, -0.15) is 13.2 Å². The molecule has 1 aliphatic carbocycles. The van der Waals surface area contributed by atoms with Crippen LogP contribution < -0.4 is 5.73 Å². The molecule has 0 unspecified atom stereocenters. The molecule has 1 aromatic carbocycles. The molecule has 0 spiro atoms. The van der Waals surface area contributed by atoms with Crippen molar-refractivity contribution < 1.29 is 18.3 Å². The minimum absolute atomic E-state index is 0.0564. The van der Waals surface area contributed by atoms with Gasteiger partial charge in [0.05, 0.1) is 10.0 Å². The van der Waals surface area contributed by atoms with Crippen LogP contribution in [-0.2, 0) is 11.7 Å². The van der Waals surface area contributed by atoms with Crippen molar-refractivity contribution in [2.24, 2.45) is 5.73 Å². The highest BCUT2D eigenvalue weighted by atomic mass is 79.9. The SMILES string of the molecule is NC1(c2cc(Br)c(O)cc2C(F)(F)F)CCC1. The highest BCUT2D eigenvalue weighted by molar-refractivity contribution is 9.10. The molecule has 1 saturated carbocycles. The Bertz CT molecular complexity index is 455. The van der Waals surface area contributed by atoms with Gasteiger partial charge >= 0.3 is 6.18 Å². The van der Waals surface area contributed by atoms with Crippen molar-refractivity contribution >= 4 is 15.9 Å². The summed E-state index contributed by atoms with van der Waals surface area (Å²) in [6, 6.07) is 2.00. The molecular weight excluding hydrogens is 299 g/mol. The van der Waals surface area contributed by atoms with Gasteiger partial charge < -0.3 is 10.8 Å². The monoisotopic (exact) mass is 309 g/mol. The lowest BCUT2D eigenvalue weighted by atomic mass is 9.71. The summed E-state index contributed by atoms with van der Waals surface area (Å²) in [5.74, 6) is -0.427. The van der Waals surface area contributed by atoms with Crippen LogP contribution in [0.4, 0.5) is 13.2 Å². The minimum atomic E-state index is -4.50. The summed E-state index contributed by atoms with van der Waals surface area (Å²) in [5.41, 5.74) is 4.23. The van der Waals surface area contributed by atoms with Crippen LogP contribution in [0.2, 0.25) is 0 Å².